The number of nitrogens with one attached hydrogen (secondary N) is 1. The molecular formula is C13H26N2O4. The van der Waals surface area contributed by atoms with Gasteiger partial charge in [0.2, 0.25) is 5.91 Å². The molecule has 0 rings (SSSR count). The van der Waals surface area contributed by atoms with E-state index in [2.05, 4.69) is 5.32 Å². The maximum absolute atomic E-state index is 12.2. The molecule has 19 heavy (non-hydrogen) atoms. The Kier molecular flexibility index (Phi) is 10.1. The first-order valence-corrected chi connectivity index (χ1v) is 6.70. The number of nitrogens with zero attached hydrogens (tertiary/aromatic N) is 1. The van der Waals surface area contributed by atoms with Gasteiger partial charge in [0.15, 0.2) is 0 Å². The number of carbonyl (C=O) groups is 2. The minimum Gasteiger partial charge on any atom is -0.465 e. The molecule has 0 aliphatic heterocycles. The van der Waals surface area contributed by atoms with E-state index < -0.39 is 0 Å². The molecule has 0 fully saturated rings. The predicted octanol–water partition coefficient (Wildman–Crippen LogP) is 0.270. The zero-order chi connectivity index (χ0) is 14.7. The van der Waals surface area contributed by atoms with Crippen molar-refractivity contribution in [2.75, 3.05) is 46.5 Å². The second-order valence-electron chi connectivity index (χ2n) is 4.27. The van der Waals surface area contributed by atoms with Crippen molar-refractivity contribution < 1.29 is 19.1 Å². The summed E-state index contributed by atoms with van der Waals surface area (Å²) in [6, 6.07) is 0. The molecule has 0 spiro atoms. The third kappa shape index (κ3) is 7.79. The van der Waals surface area contributed by atoms with Gasteiger partial charge in [0.25, 0.3) is 0 Å². The van der Waals surface area contributed by atoms with E-state index in [0.717, 1.165) is 6.54 Å². The fourth-order valence-corrected chi connectivity index (χ4v) is 1.59. The van der Waals surface area contributed by atoms with Gasteiger partial charge in [-0.05, 0) is 13.5 Å². The second-order valence-corrected chi connectivity index (χ2v) is 4.27. The molecule has 0 aromatic rings. The summed E-state index contributed by atoms with van der Waals surface area (Å²) in [4.78, 5) is 25.2. The molecule has 6 nitrogen and oxygen atoms in total. The summed E-state index contributed by atoms with van der Waals surface area (Å²) in [5.74, 6) is -0.625. The van der Waals surface area contributed by atoms with Gasteiger partial charge in [0.1, 0.15) is 6.54 Å². The van der Waals surface area contributed by atoms with Crippen molar-refractivity contribution in [3.8, 4) is 0 Å². The van der Waals surface area contributed by atoms with Crippen LogP contribution in [0, 0.1) is 5.92 Å². The molecule has 1 atom stereocenters. The molecule has 0 aromatic carbocycles. The number of hydrogen-bond donors (Lipinski definition) is 1. The SMILES string of the molecule is CCNCC(C)C(=O)N(CCOC)CC(=O)OCC. The molecule has 112 valence electrons. The van der Waals surface area contributed by atoms with E-state index in [1.165, 1.54) is 4.90 Å². The quantitative estimate of drug-likeness (QED) is 0.579. The van der Waals surface area contributed by atoms with Crippen LogP contribution in [0.2, 0.25) is 0 Å². The third-order valence-electron chi connectivity index (χ3n) is 2.62. The van der Waals surface area contributed by atoms with Crippen molar-refractivity contribution in [1.82, 2.24) is 10.2 Å². The highest BCUT2D eigenvalue weighted by Gasteiger charge is 2.22. The number of hydrogen-bond acceptors (Lipinski definition) is 5. The maximum atomic E-state index is 12.2. The number of amides is 1. The first-order valence-electron chi connectivity index (χ1n) is 6.70. The van der Waals surface area contributed by atoms with Gasteiger partial charge in [0.05, 0.1) is 13.2 Å². The molecule has 0 saturated heterocycles. The summed E-state index contributed by atoms with van der Waals surface area (Å²) < 4.78 is 9.84. The van der Waals surface area contributed by atoms with Crippen LogP contribution in [-0.4, -0.2) is 63.3 Å². The van der Waals surface area contributed by atoms with E-state index >= 15 is 0 Å². The zero-order valence-electron chi connectivity index (χ0n) is 12.4. The van der Waals surface area contributed by atoms with Crippen molar-refractivity contribution in [3.63, 3.8) is 0 Å². The Morgan fingerprint density at radius 3 is 2.53 bits per heavy atom. The Hall–Kier alpha value is -1.14. The van der Waals surface area contributed by atoms with Gasteiger partial charge in [-0.25, -0.2) is 0 Å². The molecule has 6 heteroatoms. The third-order valence-corrected chi connectivity index (χ3v) is 2.62. The highest BCUT2D eigenvalue weighted by molar-refractivity contribution is 5.83. The van der Waals surface area contributed by atoms with Crippen LogP contribution in [-0.2, 0) is 19.1 Å². The predicted molar refractivity (Wildman–Crippen MR) is 72.8 cm³/mol. The normalized spacial score (nSPS) is 12.0. The van der Waals surface area contributed by atoms with Crippen LogP contribution in [0.4, 0.5) is 0 Å². The number of methoxy groups -OCH3 is 1. The van der Waals surface area contributed by atoms with Crippen LogP contribution in [0.25, 0.3) is 0 Å². The van der Waals surface area contributed by atoms with Gasteiger partial charge in [-0.2, -0.15) is 0 Å². The first kappa shape index (κ1) is 17.9. The smallest absolute Gasteiger partial charge is 0.325 e. The minimum atomic E-state index is -0.386. The Labute approximate surface area is 115 Å². The average Bonchev–Trinajstić information content (AvgIpc) is 2.40. The number of carbonyl (C=O) groups excluding carboxylic acids is 2. The Balaban J connectivity index is 4.45. The summed E-state index contributed by atoms with van der Waals surface area (Å²) in [6.07, 6.45) is 0. The summed E-state index contributed by atoms with van der Waals surface area (Å²) in [6.45, 7) is 8.07. The highest BCUT2D eigenvalue weighted by Crippen LogP contribution is 2.02. The molecule has 1 N–H and O–H groups in total. The van der Waals surface area contributed by atoms with Crippen LogP contribution in [0.15, 0.2) is 0 Å². The average molecular weight is 274 g/mol. The zero-order valence-corrected chi connectivity index (χ0v) is 12.4. The van der Waals surface area contributed by atoms with E-state index in [9.17, 15) is 9.59 Å². The van der Waals surface area contributed by atoms with E-state index in [1.807, 2.05) is 13.8 Å². The van der Waals surface area contributed by atoms with E-state index in [0.29, 0.717) is 26.3 Å². The Morgan fingerprint density at radius 1 is 1.32 bits per heavy atom. The number of esters is 1. The molecule has 0 aliphatic carbocycles. The van der Waals surface area contributed by atoms with E-state index in [-0.39, 0.29) is 24.3 Å². The van der Waals surface area contributed by atoms with Crippen LogP contribution in [0.1, 0.15) is 20.8 Å². The highest BCUT2D eigenvalue weighted by atomic mass is 16.5. The molecule has 0 heterocycles. The summed E-state index contributed by atoms with van der Waals surface area (Å²) in [5.41, 5.74) is 0. The van der Waals surface area contributed by atoms with Crippen LogP contribution >= 0.6 is 0 Å². The molecule has 1 unspecified atom stereocenters. The minimum absolute atomic E-state index is 0.0213. The van der Waals surface area contributed by atoms with Crippen molar-refractivity contribution in [1.29, 1.82) is 0 Å². The second kappa shape index (κ2) is 10.8. The van der Waals surface area contributed by atoms with Crippen molar-refractivity contribution in [3.05, 3.63) is 0 Å². The standard InChI is InChI=1S/C13H26N2O4/c1-5-14-9-11(3)13(17)15(7-8-18-4)10-12(16)19-6-2/h11,14H,5-10H2,1-4H3. The lowest BCUT2D eigenvalue weighted by molar-refractivity contribution is -0.150. The first-order chi connectivity index (χ1) is 9.06. The van der Waals surface area contributed by atoms with Crippen LogP contribution in [0.3, 0.4) is 0 Å². The van der Waals surface area contributed by atoms with E-state index in [1.54, 1.807) is 14.0 Å². The largest absolute Gasteiger partial charge is 0.465 e. The monoisotopic (exact) mass is 274 g/mol. The van der Waals surface area contributed by atoms with E-state index in [4.69, 9.17) is 9.47 Å². The van der Waals surface area contributed by atoms with Gasteiger partial charge >= 0.3 is 5.97 Å². The fraction of sp³-hybridized carbons (Fsp3) is 0.846. The topological polar surface area (TPSA) is 67.9 Å². The van der Waals surface area contributed by atoms with Gasteiger partial charge < -0.3 is 19.7 Å². The Morgan fingerprint density at radius 2 is 2.00 bits per heavy atom. The fourth-order valence-electron chi connectivity index (χ4n) is 1.59. The lowest BCUT2D eigenvalue weighted by atomic mass is 10.1. The van der Waals surface area contributed by atoms with Crippen LogP contribution in [0.5, 0.6) is 0 Å². The molecule has 0 bridgehead atoms. The molecule has 1 amide bonds. The lowest BCUT2D eigenvalue weighted by Crippen LogP contribution is -2.43. The Bertz CT molecular complexity index is 271. The van der Waals surface area contributed by atoms with Gasteiger partial charge in [-0.15, -0.1) is 0 Å². The van der Waals surface area contributed by atoms with Crippen molar-refractivity contribution in [2.45, 2.75) is 20.8 Å². The van der Waals surface area contributed by atoms with Crippen molar-refractivity contribution in [2.24, 2.45) is 5.92 Å². The maximum Gasteiger partial charge on any atom is 0.325 e. The molecule has 0 saturated carbocycles. The molecule has 0 aromatic heterocycles. The summed E-state index contributed by atoms with van der Waals surface area (Å²) in [7, 11) is 1.56. The molecular weight excluding hydrogens is 248 g/mol. The summed E-state index contributed by atoms with van der Waals surface area (Å²) >= 11 is 0. The lowest BCUT2D eigenvalue weighted by Gasteiger charge is -2.24. The molecule has 0 radical (unpaired) electrons. The van der Waals surface area contributed by atoms with Gasteiger partial charge in [-0.3, -0.25) is 9.59 Å². The van der Waals surface area contributed by atoms with Crippen LogP contribution < -0.4 is 5.32 Å². The molecule has 0 aliphatic rings. The van der Waals surface area contributed by atoms with Gasteiger partial charge in [0, 0.05) is 26.1 Å². The van der Waals surface area contributed by atoms with Crippen molar-refractivity contribution >= 4 is 11.9 Å². The summed E-state index contributed by atoms with van der Waals surface area (Å²) in [5, 5.41) is 3.12. The van der Waals surface area contributed by atoms with Gasteiger partial charge in [-0.1, -0.05) is 13.8 Å². The number of ether oxygens (including phenoxy) is 2. The number of rotatable bonds is 10.